The van der Waals surface area contributed by atoms with E-state index < -0.39 is 6.09 Å². The summed E-state index contributed by atoms with van der Waals surface area (Å²) in [4.78, 5) is 24.3. The molecule has 6 nitrogen and oxygen atoms in total. The van der Waals surface area contributed by atoms with Gasteiger partial charge in [0.1, 0.15) is 5.60 Å². The minimum absolute atomic E-state index is 0.0829. The molecule has 0 atom stereocenters. The van der Waals surface area contributed by atoms with Crippen LogP contribution in [-0.4, -0.2) is 29.8 Å². The largest absolute Gasteiger partial charge is 0.430 e. The van der Waals surface area contributed by atoms with E-state index in [1.807, 2.05) is 19.1 Å². The topological polar surface area (TPSA) is 62.8 Å². The van der Waals surface area contributed by atoms with Crippen LogP contribution in [0.15, 0.2) is 48.5 Å². The van der Waals surface area contributed by atoms with Crippen LogP contribution in [0.3, 0.4) is 0 Å². The van der Waals surface area contributed by atoms with E-state index in [1.165, 1.54) is 5.56 Å². The number of carbonyl (C=O) groups excluding carboxylic acids is 1. The van der Waals surface area contributed by atoms with Crippen molar-refractivity contribution in [2.24, 2.45) is 0 Å². The molecule has 1 amide bonds. The molecule has 2 N–H and O–H groups in total. The van der Waals surface area contributed by atoms with Crippen molar-refractivity contribution in [1.82, 2.24) is 10.5 Å². The maximum Gasteiger partial charge on any atom is 0.430 e. The van der Waals surface area contributed by atoms with E-state index >= 15 is 0 Å². The Balaban J connectivity index is 1.36. The zero-order valence-corrected chi connectivity index (χ0v) is 19.6. The molecule has 6 heteroatoms. The first-order valence-corrected chi connectivity index (χ1v) is 11.2. The summed E-state index contributed by atoms with van der Waals surface area (Å²) in [5.74, 6) is 0. The zero-order chi connectivity index (χ0) is 22.9. The highest BCUT2D eigenvalue weighted by atomic mass is 16.7. The van der Waals surface area contributed by atoms with Crippen LogP contribution in [0, 0.1) is 13.8 Å². The van der Waals surface area contributed by atoms with Gasteiger partial charge in [-0.25, -0.2) is 4.79 Å². The van der Waals surface area contributed by atoms with Gasteiger partial charge in [-0.05, 0) is 54.9 Å². The summed E-state index contributed by atoms with van der Waals surface area (Å²) in [6, 6.07) is 14.4. The maximum atomic E-state index is 12.7. The first kappa shape index (κ1) is 22.4. The van der Waals surface area contributed by atoms with Crippen LogP contribution in [0.4, 0.5) is 10.5 Å². The highest BCUT2D eigenvalue weighted by Crippen LogP contribution is 2.35. The molecule has 2 heterocycles. The second-order valence-electron chi connectivity index (χ2n) is 9.87. The minimum Gasteiger partial charge on any atom is -0.351 e. The fourth-order valence-corrected chi connectivity index (χ4v) is 4.26. The Morgan fingerprint density at radius 3 is 2.44 bits per heavy atom. The third-order valence-electron chi connectivity index (χ3n) is 6.22. The van der Waals surface area contributed by atoms with Gasteiger partial charge in [-0.2, -0.15) is 0 Å². The molecule has 2 aromatic carbocycles. The molecule has 0 saturated carbocycles. The zero-order valence-electron chi connectivity index (χ0n) is 19.6. The molecule has 1 saturated heterocycles. The summed E-state index contributed by atoms with van der Waals surface area (Å²) in [7, 11) is 0. The number of para-hydroxylation sites is 1. The van der Waals surface area contributed by atoms with Gasteiger partial charge in [-0.15, -0.1) is 5.06 Å². The molecule has 32 heavy (non-hydrogen) atoms. The number of rotatable bonds is 3. The van der Waals surface area contributed by atoms with Crippen LogP contribution in [0.1, 0.15) is 55.9 Å². The Hall–Kier alpha value is -2.83. The van der Waals surface area contributed by atoms with Crippen LogP contribution in [0.5, 0.6) is 0 Å². The van der Waals surface area contributed by atoms with E-state index in [1.54, 1.807) is 5.06 Å². The Kier molecular flexibility index (Phi) is 6.01. The molecule has 4 rings (SSSR count). The van der Waals surface area contributed by atoms with Crippen LogP contribution in [0.2, 0.25) is 0 Å². The lowest BCUT2D eigenvalue weighted by Gasteiger charge is -2.35. The Morgan fingerprint density at radius 1 is 1.09 bits per heavy atom. The predicted octanol–water partition coefficient (Wildman–Crippen LogP) is 5.47. The van der Waals surface area contributed by atoms with Gasteiger partial charge in [0.15, 0.2) is 0 Å². The molecular formula is C26H33N3O3. The molecule has 2 aliphatic heterocycles. The highest BCUT2D eigenvalue weighted by Gasteiger charge is 2.40. The molecule has 0 aromatic heterocycles. The summed E-state index contributed by atoms with van der Waals surface area (Å²) in [6.07, 6.45) is 3.18. The number of anilines is 1. The molecular weight excluding hydrogens is 402 g/mol. The maximum absolute atomic E-state index is 12.7. The van der Waals surface area contributed by atoms with Gasteiger partial charge in [0.25, 0.3) is 0 Å². The summed E-state index contributed by atoms with van der Waals surface area (Å²) in [5.41, 5.74) is 8.90. The monoisotopic (exact) mass is 435 g/mol. The lowest BCUT2D eigenvalue weighted by atomic mass is 9.84. The van der Waals surface area contributed by atoms with Crippen LogP contribution >= 0.6 is 0 Å². The number of carbonyl (C=O) groups is 1. The number of nitrogens with one attached hydrogen (secondary N) is 2. The van der Waals surface area contributed by atoms with Gasteiger partial charge in [0.2, 0.25) is 0 Å². The van der Waals surface area contributed by atoms with Crippen molar-refractivity contribution in [2.75, 3.05) is 18.4 Å². The molecule has 2 aromatic rings. The van der Waals surface area contributed by atoms with Crippen LogP contribution in [-0.2, 0) is 15.1 Å². The minimum atomic E-state index is -0.456. The average molecular weight is 436 g/mol. The van der Waals surface area contributed by atoms with Gasteiger partial charge >= 0.3 is 6.09 Å². The van der Waals surface area contributed by atoms with Gasteiger partial charge in [-0.1, -0.05) is 68.8 Å². The number of hydrogen-bond donors (Lipinski definition) is 2. The van der Waals surface area contributed by atoms with E-state index in [2.05, 4.69) is 74.9 Å². The number of amides is 1. The summed E-state index contributed by atoms with van der Waals surface area (Å²) >= 11 is 0. The number of hydrogen-bond acceptors (Lipinski definition) is 5. The third-order valence-corrected chi connectivity index (χ3v) is 6.22. The first-order chi connectivity index (χ1) is 15.2. The number of aryl methyl sites for hydroxylation is 2. The quantitative estimate of drug-likeness (QED) is 0.669. The Bertz CT molecular complexity index is 1010. The fraction of sp³-hybridized carbons (Fsp3) is 0.423. The van der Waals surface area contributed by atoms with Gasteiger partial charge in [0.05, 0.1) is 11.4 Å². The van der Waals surface area contributed by atoms with Crippen molar-refractivity contribution in [2.45, 2.75) is 58.5 Å². The molecule has 0 unspecified atom stereocenters. The van der Waals surface area contributed by atoms with Gasteiger partial charge in [-0.3, -0.25) is 15.6 Å². The molecule has 0 aliphatic carbocycles. The first-order valence-electron chi connectivity index (χ1n) is 11.2. The number of piperidine rings is 1. The molecule has 1 fully saturated rings. The van der Waals surface area contributed by atoms with Crippen LogP contribution < -0.4 is 10.8 Å². The van der Waals surface area contributed by atoms with Crippen molar-refractivity contribution in [3.63, 3.8) is 0 Å². The molecule has 0 radical (unpaired) electrons. The molecule has 170 valence electrons. The summed E-state index contributed by atoms with van der Waals surface area (Å²) in [6.45, 7) is 11.7. The van der Waals surface area contributed by atoms with E-state index in [0.29, 0.717) is 13.1 Å². The van der Waals surface area contributed by atoms with Gasteiger partial charge in [0, 0.05) is 13.1 Å². The van der Waals surface area contributed by atoms with Crippen LogP contribution in [0.25, 0.3) is 5.70 Å². The summed E-state index contributed by atoms with van der Waals surface area (Å²) < 4.78 is 0. The van der Waals surface area contributed by atoms with E-state index in [0.717, 1.165) is 40.9 Å². The molecule has 1 spiro atoms. The Labute approximate surface area is 190 Å². The average Bonchev–Trinajstić information content (AvgIpc) is 3.15. The molecule has 0 bridgehead atoms. The lowest BCUT2D eigenvalue weighted by Crippen LogP contribution is -2.45. The second kappa shape index (κ2) is 8.60. The third kappa shape index (κ3) is 4.81. The van der Waals surface area contributed by atoms with Crippen molar-refractivity contribution in [1.29, 1.82) is 0 Å². The van der Waals surface area contributed by atoms with Crippen molar-refractivity contribution < 1.29 is 14.5 Å². The smallest absolute Gasteiger partial charge is 0.351 e. The van der Waals surface area contributed by atoms with Crippen molar-refractivity contribution >= 4 is 17.5 Å². The van der Waals surface area contributed by atoms with E-state index in [9.17, 15) is 4.79 Å². The standard InChI is InChI=1S/C26H33N3O3/c1-18-9-11-20(12-10-18)22-17-26(32-28-22)13-15-29(16-14-26)31-24(30)27-23-19(2)7-6-8-21(23)25(3,4)5/h6-12,17,28H,13-16H2,1-5H3,(H,27,30). The highest BCUT2D eigenvalue weighted by molar-refractivity contribution is 5.87. The predicted molar refractivity (Wildman–Crippen MR) is 127 cm³/mol. The molecule has 2 aliphatic rings. The van der Waals surface area contributed by atoms with Crippen molar-refractivity contribution in [3.8, 4) is 0 Å². The summed E-state index contributed by atoms with van der Waals surface area (Å²) in [5, 5.41) is 4.69. The van der Waals surface area contributed by atoms with Gasteiger partial charge < -0.3 is 4.84 Å². The van der Waals surface area contributed by atoms with E-state index in [4.69, 9.17) is 9.68 Å². The normalized spacial score (nSPS) is 18.2. The lowest BCUT2D eigenvalue weighted by molar-refractivity contribution is -0.153. The second-order valence-corrected chi connectivity index (χ2v) is 9.87. The number of benzene rings is 2. The Morgan fingerprint density at radius 2 is 1.78 bits per heavy atom. The fourth-order valence-electron chi connectivity index (χ4n) is 4.26. The van der Waals surface area contributed by atoms with Crippen molar-refractivity contribution in [3.05, 3.63) is 70.8 Å². The SMILES string of the molecule is Cc1ccc(C2=CC3(CCN(OC(=O)Nc4c(C)cccc4C(C)(C)C)CC3)ON2)cc1. The number of hydroxylamine groups is 3. The number of nitrogens with zero attached hydrogens (tertiary/aromatic N) is 1. The van der Waals surface area contributed by atoms with E-state index in [-0.39, 0.29) is 11.0 Å².